The van der Waals surface area contributed by atoms with Crippen LogP contribution in [0.5, 0.6) is 0 Å². The lowest BCUT2D eigenvalue weighted by Gasteiger charge is -2.00. The normalized spacial score (nSPS) is 8.00. The molecule has 0 fully saturated rings. The zero-order chi connectivity index (χ0) is 9.98. The summed E-state index contributed by atoms with van der Waals surface area (Å²) in [6, 6.07) is 0. The molecule has 0 N–H and O–H groups in total. The number of ketones is 1. The third-order valence-electron chi connectivity index (χ3n) is 0.835. The van der Waals surface area contributed by atoms with Gasteiger partial charge in [-0.1, -0.05) is 27.0 Å². The van der Waals surface area contributed by atoms with Gasteiger partial charge in [-0.2, -0.15) is 0 Å². The van der Waals surface area contributed by atoms with Crippen molar-refractivity contribution < 1.29 is 9.53 Å². The van der Waals surface area contributed by atoms with E-state index in [1.165, 1.54) is 19.3 Å². The van der Waals surface area contributed by atoms with E-state index in [0.717, 1.165) is 6.61 Å². The van der Waals surface area contributed by atoms with Crippen LogP contribution in [0.2, 0.25) is 0 Å². The number of allylic oxidation sites excluding steroid dienone is 1. The molecule has 0 bridgehead atoms. The molecule has 0 atom stereocenters. The van der Waals surface area contributed by atoms with E-state index in [0.29, 0.717) is 5.92 Å². The molecule has 12 heavy (non-hydrogen) atoms. The molecule has 0 aromatic carbocycles. The predicted molar refractivity (Wildman–Crippen MR) is 51.9 cm³/mol. The van der Waals surface area contributed by atoms with E-state index in [-0.39, 0.29) is 5.78 Å². The average Bonchev–Trinajstić information content (AvgIpc) is 2.02. The molecule has 2 heteroatoms. The molecule has 0 aromatic rings. The fraction of sp³-hybridized carbons (Fsp3) is 0.500. The van der Waals surface area contributed by atoms with Gasteiger partial charge in [0.1, 0.15) is 0 Å². The Hall–Kier alpha value is -1.05. The Labute approximate surface area is 74.9 Å². The minimum atomic E-state index is 0.0185. The van der Waals surface area contributed by atoms with Crippen molar-refractivity contribution in [2.45, 2.75) is 20.8 Å². The maximum Gasteiger partial charge on any atom is 0.152 e. The van der Waals surface area contributed by atoms with E-state index in [4.69, 9.17) is 4.74 Å². The molecule has 0 amide bonds. The van der Waals surface area contributed by atoms with Crippen molar-refractivity contribution in [1.29, 1.82) is 0 Å². The summed E-state index contributed by atoms with van der Waals surface area (Å²) >= 11 is 0. The van der Waals surface area contributed by atoms with E-state index in [1.807, 2.05) is 0 Å². The molecule has 70 valence electrons. The molecule has 0 rings (SSSR count). The van der Waals surface area contributed by atoms with Crippen LogP contribution in [0.3, 0.4) is 0 Å². The predicted octanol–water partition coefficient (Wildman–Crippen LogP) is 2.56. The highest BCUT2D eigenvalue weighted by molar-refractivity contribution is 5.86. The summed E-state index contributed by atoms with van der Waals surface area (Å²) in [5.74, 6) is 0.628. The highest BCUT2D eigenvalue weighted by Gasteiger charge is 1.87. The summed E-state index contributed by atoms with van der Waals surface area (Å²) in [6.07, 6.45) is 2.75. The van der Waals surface area contributed by atoms with Crippen molar-refractivity contribution in [2.75, 3.05) is 6.61 Å². The topological polar surface area (TPSA) is 26.3 Å². The number of hydrogen-bond acceptors (Lipinski definition) is 2. The third-order valence-corrected chi connectivity index (χ3v) is 0.835. The molecule has 0 saturated heterocycles. The first-order valence-electron chi connectivity index (χ1n) is 3.90. The van der Waals surface area contributed by atoms with E-state index in [2.05, 4.69) is 27.0 Å². The number of carbonyl (C=O) groups excluding carboxylic acids is 1. The summed E-state index contributed by atoms with van der Waals surface area (Å²) in [5.41, 5.74) is 0. The van der Waals surface area contributed by atoms with Crippen molar-refractivity contribution in [1.82, 2.24) is 0 Å². The quantitative estimate of drug-likeness (QED) is 0.479. The molecule has 2 nitrogen and oxygen atoms in total. The Morgan fingerprint density at radius 2 is 1.92 bits per heavy atom. The first kappa shape index (κ1) is 13.5. The maximum atomic E-state index is 9.69. The van der Waals surface area contributed by atoms with Crippen LogP contribution < -0.4 is 0 Å². The summed E-state index contributed by atoms with van der Waals surface area (Å²) in [7, 11) is 0. The molecule has 0 aromatic heterocycles. The molecule has 0 heterocycles. The van der Waals surface area contributed by atoms with Gasteiger partial charge >= 0.3 is 0 Å². The maximum absolute atomic E-state index is 9.69. The van der Waals surface area contributed by atoms with E-state index < -0.39 is 0 Å². The second-order valence-electron chi connectivity index (χ2n) is 2.71. The lowest BCUT2D eigenvalue weighted by Crippen LogP contribution is -1.95. The van der Waals surface area contributed by atoms with Crippen LogP contribution in [-0.4, -0.2) is 12.4 Å². The highest BCUT2D eigenvalue weighted by atomic mass is 16.5. The lowest BCUT2D eigenvalue weighted by atomic mass is 10.2. The number of ether oxygens (including phenoxy) is 1. The molecule has 0 unspecified atom stereocenters. The SMILES string of the molecule is C=CC(C)=O.C=COCC(C)C. The van der Waals surface area contributed by atoms with E-state index in [1.54, 1.807) is 0 Å². The lowest BCUT2D eigenvalue weighted by molar-refractivity contribution is -0.112. The fourth-order valence-electron chi connectivity index (χ4n) is 0.260. The first-order valence-corrected chi connectivity index (χ1v) is 3.90. The van der Waals surface area contributed by atoms with Crippen LogP contribution in [0, 0.1) is 5.92 Å². The Morgan fingerprint density at radius 3 is 2.00 bits per heavy atom. The third kappa shape index (κ3) is 23.1. The molecule has 0 aliphatic heterocycles. The second kappa shape index (κ2) is 9.95. The second-order valence-corrected chi connectivity index (χ2v) is 2.71. The van der Waals surface area contributed by atoms with Crippen LogP contribution in [0.15, 0.2) is 25.5 Å². The van der Waals surface area contributed by atoms with Gasteiger partial charge in [-0.3, -0.25) is 4.79 Å². The standard InChI is InChI=1S/C6H12O.C4H6O/c1-4-7-5-6(2)3;1-3-4(2)5/h4,6H,1,5H2,2-3H3;3H,1H2,2H3. The van der Waals surface area contributed by atoms with Crippen LogP contribution in [0.4, 0.5) is 0 Å². The fourth-order valence-corrected chi connectivity index (χ4v) is 0.260. The molecule has 0 aliphatic carbocycles. The zero-order valence-electron chi connectivity index (χ0n) is 8.17. The van der Waals surface area contributed by atoms with Gasteiger partial charge in [-0.15, -0.1) is 0 Å². The van der Waals surface area contributed by atoms with Crippen LogP contribution >= 0.6 is 0 Å². The number of hydrogen-bond donors (Lipinski definition) is 0. The summed E-state index contributed by atoms with van der Waals surface area (Å²) < 4.78 is 4.86. The van der Waals surface area contributed by atoms with Gasteiger partial charge < -0.3 is 4.74 Å². The molecular weight excluding hydrogens is 152 g/mol. The first-order chi connectivity index (χ1) is 5.54. The van der Waals surface area contributed by atoms with Gasteiger partial charge in [0, 0.05) is 0 Å². The smallest absolute Gasteiger partial charge is 0.152 e. The minimum Gasteiger partial charge on any atom is -0.502 e. The zero-order valence-corrected chi connectivity index (χ0v) is 8.17. The van der Waals surface area contributed by atoms with Crippen LogP contribution in [-0.2, 0) is 9.53 Å². The van der Waals surface area contributed by atoms with Gasteiger partial charge in [0.25, 0.3) is 0 Å². The Morgan fingerprint density at radius 1 is 1.50 bits per heavy atom. The highest BCUT2D eigenvalue weighted by Crippen LogP contribution is 1.90. The monoisotopic (exact) mass is 170 g/mol. The Kier molecular flexibility index (Phi) is 11.2. The average molecular weight is 170 g/mol. The number of carbonyl (C=O) groups is 1. The van der Waals surface area contributed by atoms with Crippen molar-refractivity contribution >= 4 is 5.78 Å². The van der Waals surface area contributed by atoms with Crippen molar-refractivity contribution in [3.63, 3.8) is 0 Å². The van der Waals surface area contributed by atoms with Crippen molar-refractivity contribution in [3.8, 4) is 0 Å². The van der Waals surface area contributed by atoms with Crippen LogP contribution in [0.1, 0.15) is 20.8 Å². The van der Waals surface area contributed by atoms with Gasteiger partial charge in [-0.25, -0.2) is 0 Å². The largest absolute Gasteiger partial charge is 0.502 e. The van der Waals surface area contributed by atoms with E-state index in [9.17, 15) is 4.79 Å². The number of rotatable bonds is 4. The van der Waals surface area contributed by atoms with Gasteiger partial charge in [0.05, 0.1) is 12.9 Å². The molecule has 0 aliphatic rings. The molecule has 0 spiro atoms. The minimum absolute atomic E-state index is 0.0185. The summed E-state index contributed by atoms with van der Waals surface area (Å²) in [4.78, 5) is 9.69. The Bertz CT molecular complexity index is 137. The van der Waals surface area contributed by atoms with Gasteiger partial charge in [0.15, 0.2) is 5.78 Å². The van der Waals surface area contributed by atoms with E-state index >= 15 is 0 Å². The molecule has 0 radical (unpaired) electrons. The van der Waals surface area contributed by atoms with Gasteiger partial charge in [-0.05, 0) is 18.9 Å². The summed E-state index contributed by atoms with van der Waals surface area (Å²) in [6.45, 7) is 13.1. The van der Waals surface area contributed by atoms with Crippen molar-refractivity contribution in [2.24, 2.45) is 5.92 Å². The summed E-state index contributed by atoms with van der Waals surface area (Å²) in [5, 5.41) is 0. The molecule has 0 saturated carbocycles. The van der Waals surface area contributed by atoms with Gasteiger partial charge in [0.2, 0.25) is 0 Å². The Balaban J connectivity index is 0. The van der Waals surface area contributed by atoms with Crippen LogP contribution in [0.25, 0.3) is 0 Å². The molecular formula is C10H18O2. The van der Waals surface area contributed by atoms with Crippen molar-refractivity contribution in [3.05, 3.63) is 25.5 Å².